The molecule has 0 aromatic heterocycles. The van der Waals surface area contributed by atoms with Gasteiger partial charge in [0.25, 0.3) is 0 Å². The predicted molar refractivity (Wildman–Crippen MR) is 95.6 cm³/mol. The fraction of sp³-hybridized carbons (Fsp3) is 0.278. The van der Waals surface area contributed by atoms with Crippen molar-refractivity contribution < 1.29 is 18.6 Å². The molecule has 2 aromatic carbocycles. The van der Waals surface area contributed by atoms with Crippen LogP contribution in [-0.4, -0.2) is 27.3 Å². The number of anilines is 1. The first-order valence-electron chi connectivity index (χ1n) is 7.62. The van der Waals surface area contributed by atoms with Crippen LogP contribution in [0.2, 0.25) is 0 Å². The number of aliphatic imine (C=N–C) groups is 1. The van der Waals surface area contributed by atoms with Crippen LogP contribution < -0.4 is 20.5 Å². The molecule has 0 aliphatic rings. The van der Waals surface area contributed by atoms with E-state index in [1.165, 1.54) is 13.2 Å². The van der Waals surface area contributed by atoms with Gasteiger partial charge in [-0.3, -0.25) is 0 Å². The Morgan fingerprint density at radius 2 is 1.84 bits per heavy atom. The summed E-state index contributed by atoms with van der Waals surface area (Å²) in [6, 6.07) is 10.1. The summed E-state index contributed by atoms with van der Waals surface area (Å²) < 4.78 is 29.0. The maximum absolute atomic E-state index is 13.6. The Hall–Kier alpha value is -2.80. The van der Waals surface area contributed by atoms with Gasteiger partial charge in [0.1, 0.15) is 5.82 Å². The first kappa shape index (κ1) is 18.5. The van der Waals surface area contributed by atoms with Crippen LogP contribution in [0.15, 0.2) is 41.4 Å². The van der Waals surface area contributed by atoms with E-state index >= 15 is 0 Å². The molecule has 0 amide bonds. The summed E-state index contributed by atoms with van der Waals surface area (Å²) >= 11 is 0. The van der Waals surface area contributed by atoms with Crippen LogP contribution in [0.1, 0.15) is 11.1 Å². The largest absolute Gasteiger partial charge is 0.493 e. The number of nitrogens with one attached hydrogen (secondary N) is 1. The third-order valence-electron chi connectivity index (χ3n) is 3.50. The van der Waals surface area contributed by atoms with E-state index in [9.17, 15) is 4.39 Å². The van der Waals surface area contributed by atoms with Gasteiger partial charge in [0, 0.05) is 24.4 Å². The van der Waals surface area contributed by atoms with Crippen molar-refractivity contribution in [2.24, 2.45) is 10.7 Å². The Balaban J connectivity index is 2.06. The zero-order valence-corrected chi connectivity index (χ0v) is 14.5. The second kappa shape index (κ2) is 8.89. The number of methoxy groups -OCH3 is 3. The molecule has 134 valence electrons. The number of halogens is 1. The van der Waals surface area contributed by atoms with E-state index < -0.39 is 0 Å². The second-order valence-electron chi connectivity index (χ2n) is 5.26. The molecule has 0 spiro atoms. The van der Waals surface area contributed by atoms with Gasteiger partial charge in [-0.05, 0) is 29.8 Å². The number of guanidine groups is 1. The lowest BCUT2D eigenvalue weighted by Crippen LogP contribution is -2.22. The summed E-state index contributed by atoms with van der Waals surface area (Å²) in [6.07, 6.45) is 0. The number of ether oxygens (including phenoxy) is 3. The van der Waals surface area contributed by atoms with Gasteiger partial charge < -0.3 is 25.3 Å². The van der Waals surface area contributed by atoms with Gasteiger partial charge in [-0.2, -0.15) is 0 Å². The monoisotopic (exact) mass is 347 g/mol. The molecule has 25 heavy (non-hydrogen) atoms. The molecular weight excluding hydrogens is 325 g/mol. The number of benzene rings is 2. The predicted octanol–water partition coefficient (Wildman–Crippen LogP) is 2.92. The third-order valence-corrected chi connectivity index (χ3v) is 3.50. The lowest BCUT2D eigenvalue weighted by atomic mass is 10.1. The van der Waals surface area contributed by atoms with Gasteiger partial charge in [0.2, 0.25) is 0 Å². The lowest BCUT2D eigenvalue weighted by molar-refractivity contribution is 0.181. The van der Waals surface area contributed by atoms with Crippen LogP contribution in [0.25, 0.3) is 0 Å². The smallest absolute Gasteiger partial charge is 0.193 e. The minimum Gasteiger partial charge on any atom is -0.493 e. The van der Waals surface area contributed by atoms with Gasteiger partial charge in [-0.15, -0.1) is 0 Å². The summed E-state index contributed by atoms with van der Waals surface area (Å²) in [4.78, 5) is 4.27. The second-order valence-corrected chi connectivity index (χ2v) is 5.26. The molecule has 0 fully saturated rings. The van der Waals surface area contributed by atoms with Crippen molar-refractivity contribution in [2.75, 3.05) is 26.6 Å². The zero-order valence-electron chi connectivity index (χ0n) is 14.5. The number of nitrogens with zero attached hydrogens (tertiary/aromatic N) is 1. The number of nitrogens with two attached hydrogens (primary N) is 1. The Morgan fingerprint density at radius 1 is 1.08 bits per heavy atom. The van der Waals surface area contributed by atoms with Crippen LogP contribution in [-0.2, 0) is 17.9 Å². The normalized spacial score (nSPS) is 11.3. The van der Waals surface area contributed by atoms with E-state index in [4.69, 9.17) is 19.9 Å². The van der Waals surface area contributed by atoms with E-state index in [1.54, 1.807) is 44.6 Å². The van der Waals surface area contributed by atoms with Crippen LogP contribution in [0, 0.1) is 5.82 Å². The molecule has 0 bridgehead atoms. The lowest BCUT2D eigenvalue weighted by Gasteiger charge is -2.11. The first-order chi connectivity index (χ1) is 12.1. The van der Waals surface area contributed by atoms with Gasteiger partial charge in [0.15, 0.2) is 17.5 Å². The molecule has 2 rings (SSSR count). The Bertz CT molecular complexity index is 750. The highest BCUT2D eigenvalue weighted by molar-refractivity contribution is 5.92. The van der Waals surface area contributed by atoms with Crippen molar-refractivity contribution in [3.8, 4) is 11.5 Å². The minimum atomic E-state index is -0.300. The van der Waals surface area contributed by atoms with Crippen molar-refractivity contribution in [1.82, 2.24) is 0 Å². The number of rotatable bonds is 7. The van der Waals surface area contributed by atoms with E-state index in [1.807, 2.05) is 0 Å². The van der Waals surface area contributed by atoms with Gasteiger partial charge in [-0.25, -0.2) is 9.38 Å². The highest BCUT2D eigenvalue weighted by Crippen LogP contribution is 2.29. The highest BCUT2D eigenvalue weighted by atomic mass is 19.1. The van der Waals surface area contributed by atoms with Gasteiger partial charge in [-0.1, -0.05) is 6.07 Å². The van der Waals surface area contributed by atoms with Crippen molar-refractivity contribution >= 4 is 11.6 Å². The first-order valence-corrected chi connectivity index (χ1v) is 7.62. The summed E-state index contributed by atoms with van der Waals surface area (Å²) in [5.74, 6) is 1.15. The van der Waals surface area contributed by atoms with Crippen LogP contribution in [0.5, 0.6) is 11.5 Å². The number of hydrogen-bond donors (Lipinski definition) is 2. The minimum absolute atomic E-state index is 0.211. The Labute approximate surface area is 146 Å². The molecule has 2 aromatic rings. The quantitative estimate of drug-likeness (QED) is 0.595. The molecule has 0 saturated heterocycles. The molecule has 0 atom stereocenters. The standard InChI is InChI=1S/C18H22FN3O3/c1-23-11-13-8-12(4-6-15(13)19)10-21-18(20)22-14-5-7-16(24-2)17(9-14)25-3/h4-9H,10-11H2,1-3H3,(H3,20,21,22). The van der Waals surface area contributed by atoms with Crippen molar-refractivity contribution in [3.63, 3.8) is 0 Å². The third kappa shape index (κ3) is 5.09. The Kier molecular flexibility index (Phi) is 6.59. The average molecular weight is 347 g/mol. The van der Waals surface area contributed by atoms with Crippen LogP contribution >= 0.6 is 0 Å². The molecule has 0 radical (unpaired) electrons. The topological polar surface area (TPSA) is 78.1 Å². The fourth-order valence-corrected chi connectivity index (χ4v) is 2.27. The molecule has 6 nitrogen and oxygen atoms in total. The van der Waals surface area contributed by atoms with E-state index in [-0.39, 0.29) is 18.4 Å². The molecule has 0 saturated carbocycles. The van der Waals surface area contributed by atoms with E-state index in [0.29, 0.717) is 23.6 Å². The van der Waals surface area contributed by atoms with E-state index in [0.717, 1.165) is 11.3 Å². The number of hydrogen-bond acceptors (Lipinski definition) is 4. The van der Waals surface area contributed by atoms with Crippen molar-refractivity contribution in [1.29, 1.82) is 0 Å². The summed E-state index contributed by atoms with van der Waals surface area (Å²) in [6.45, 7) is 0.534. The average Bonchev–Trinajstić information content (AvgIpc) is 2.62. The van der Waals surface area contributed by atoms with Crippen LogP contribution in [0.4, 0.5) is 10.1 Å². The maximum Gasteiger partial charge on any atom is 0.193 e. The Morgan fingerprint density at radius 3 is 2.52 bits per heavy atom. The van der Waals surface area contributed by atoms with E-state index in [2.05, 4.69) is 10.3 Å². The summed E-state index contributed by atoms with van der Waals surface area (Å²) in [5.41, 5.74) is 7.96. The highest BCUT2D eigenvalue weighted by Gasteiger charge is 2.06. The van der Waals surface area contributed by atoms with Crippen LogP contribution in [0.3, 0.4) is 0 Å². The fourth-order valence-electron chi connectivity index (χ4n) is 2.27. The van der Waals surface area contributed by atoms with Crippen molar-refractivity contribution in [2.45, 2.75) is 13.2 Å². The molecule has 7 heteroatoms. The van der Waals surface area contributed by atoms with Crippen molar-refractivity contribution in [3.05, 3.63) is 53.3 Å². The molecule has 0 heterocycles. The summed E-state index contributed by atoms with van der Waals surface area (Å²) in [5, 5.41) is 2.98. The SMILES string of the molecule is COCc1cc(CN=C(N)Nc2ccc(OC)c(OC)c2)ccc1F. The molecule has 0 aliphatic carbocycles. The van der Waals surface area contributed by atoms with Gasteiger partial charge in [0.05, 0.1) is 27.4 Å². The summed E-state index contributed by atoms with van der Waals surface area (Å²) in [7, 11) is 4.65. The maximum atomic E-state index is 13.6. The molecule has 3 N–H and O–H groups in total. The molecule has 0 unspecified atom stereocenters. The molecular formula is C18H22FN3O3. The molecule has 0 aliphatic heterocycles. The van der Waals surface area contributed by atoms with Gasteiger partial charge >= 0.3 is 0 Å². The zero-order chi connectivity index (χ0) is 18.2.